The van der Waals surface area contributed by atoms with E-state index in [-0.39, 0.29) is 47.4 Å². The number of ketones is 1. The van der Waals surface area contributed by atoms with Crippen molar-refractivity contribution in [3.8, 4) is 5.88 Å². The second-order valence-electron chi connectivity index (χ2n) is 17.6. The summed E-state index contributed by atoms with van der Waals surface area (Å²) in [5.74, 6) is -1.87. The number of aromatic hydroxyl groups is 1. The van der Waals surface area contributed by atoms with Crippen molar-refractivity contribution < 1.29 is 29.1 Å². The van der Waals surface area contributed by atoms with Crippen molar-refractivity contribution in [3.63, 3.8) is 0 Å². The average Bonchev–Trinajstić information content (AvgIpc) is 3.93. The van der Waals surface area contributed by atoms with Crippen molar-refractivity contribution in [1.29, 1.82) is 0 Å². The van der Waals surface area contributed by atoms with Gasteiger partial charge in [-0.3, -0.25) is 19.2 Å². The van der Waals surface area contributed by atoms with Crippen molar-refractivity contribution in [1.82, 2.24) is 30.7 Å². The van der Waals surface area contributed by atoms with E-state index in [2.05, 4.69) is 41.7 Å². The van der Waals surface area contributed by atoms with Crippen LogP contribution in [0.25, 0.3) is 10.8 Å². The highest BCUT2D eigenvalue weighted by Gasteiger charge is 2.69. The second kappa shape index (κ2) is 15.2. The number of benzene rings is 1. The van der Waals surface area contributed by atoms with Gasteiger partial charge in [0.15, 0.2) is 5.88 Å². The molecule has 3 saturated carbocycles. The van der Waals surface area contributed by atoms with Gasteiger partial charge in [-0.15, -0.1) is 6.58 Å². The third-order valence-electron chi connectivity index (χ3n) is 12.5. The van der Waals surface area contributed by atoms with Crippen LogP contribution in [0.1, 0.15) is 86.0 Å². The van der Waals surface area contributed by atoms with E-state index in [1.54, 1.807) is 9.47 Å². The van der Waals surface area contributed by atoms with Crippen molar-refractivity contribution in [2.75, 3.05) is 13.1 Å². The molecule has 0 spiro atoms. The molecule has 4 aliphatic rings. The molecule has 53 heavy (non-hydrogen) atoms. The molecule has 288 valence electrons. The SMILES string of the molecule is C=CCNC(=O)C(=O)C(CC1CC1)NC(=O)[C@@H]1[C@@H]2[C@H](CN1C(=O)[C@@H](NC(=O)N[C@H](Cn1cc3ccccc3c1O)C(C)(C)C)C1CCCCC1)C2(C)C. The molecule has 1 aromatic heterocycles. The first-order chi connectivity index (χ1) is 25.1. The van der Waals surface area contributed by atoms with Crippen molar-refractivity contribution in [2.24, 2.45) is 34.5 Å². The van der Waals surface area contributed by atoms with Crippen LogP contribution >= 0.6 is 0 Å². The summed E-state index contributed by atoms with van der Waals surface area (Å²) >= 11 is 0. The number of Topliss-reactive ketones (excluding diaryl/α,β-unsaturated/α-hetero) is 1. The van der Waals surface area contributed by atoms with E-state index in [9.17, 15) is 29.1 Å². The Morgan fingerprint density at radius 1 is 1.00 bits per heavy atom. The molecule has 1 aliphatic heterocycles. The number of aromatic nitrogens is 1. The smallest absolute Gasteiger partial charge is 0.315 e. The summed E-state index contributed by atoms with van der Waals surface area (Å²) in [6.45, 7) is 14.7. The fraction of sp³-hybridized carbons (Fsp3) is 0.634. The van der Waals surface area contributed by atoms with Gasteiger partial charge in [0.2, 0.25) is 17.6 Å². The lowest BCUT2D eigenvalue weighted by molar-refractivity contribution is -0.144. The molecule has 12 nitrogen and oxygen atoms in total. The maximum absolute atomic E-state index is 14.7. The van der Waals surface area contributed by atoms with E-state index in [4.69, 9.17) is 0 Å². The Bertz CT molecular complexity index is 1730. The first-order valence-corrected chi connectivity index (χ1v) is 19.5. The normalized spacial score (nSPS) is 24.0. The predicted octanol–water partition coefficient (Wildman–Crippen LogP) is 4.65. The maximum atomic E-state index is 14.7. The number of hydrogen-bond acceptors (Lipinski definition) is 6. The lowest BCUT2D eigenvalue weighted by Crippen LogP contribution is -2.61. The number of rotatable bonds is 14. The maximum Gasteiger partial charge on any atom is 0.315 e. The Labute approximate surface area is 312 Å². The van der Waals surface area contributed by atoms with E-state index in [0.717, 1.165) is 55.7 Å². The van der Waals surface area contributed by atoms with Gasteiger partial charge in [0.25, 0.3) is 5.91 Å². The molecule has 12 heteroatoms. The molecule has 5 amide bonds. The van der Waals surface area contributed by atoms with Gasteiger partial charge in [0.1, 0.15) is 12.1 Å². The van der Waals surface area contributed by atoms with Crippen LogP contribution in [0, 0.1) is 34.5 Å². The molecule has 0 radical (unpaired) electrons. The number of amides is 5. The van der Waals surface area contributed by atoms with Gasteiger partial charge in [-0.25, -0.2) is 4.79 Å². The Morgan fingerprint density at radius 3 is 2.34 bits per heavy atom. The number of hydrogen-bond donors (Lipinski definition) is 5. The summed E-state index contributed by atoms with van der Waals surface area (Å²) in [5.41, 5.74) is -0.567. The Kier molecular flexibility index (Phi) is 11.0. The molecule has 1 aromatic carbocycles. The third-order valence-corrected chi connectivity index (χ3v) is 12.5. The molecule has 2 heterocycles. The molecule has 5 N–H and O–H groups in total. The molecule has 3 aliphatic carbocycles. The first kappa shape index (κ1) is 38.4. The Hall–Kier alpha value is -4.35. The zero-order chi connectivity index (χ0) is 38.2. The highest BCUT2D eigenvalue weighted by molar-refractivity contribution is 6.38. The quantitative estimate of drug-likeness (QED) is 0.141. The molecule has 6 rings (SSSR count). The number of likely N-dealkylation sites (tertiary alicyclic amines) is 1. The molecular formula is C41H58N6O6. The van der Waals surface area contributed by atoms with E-state index in [0.29, 0.717) is 19.5 Å². The zero-order valence-electron chi connectivity index (χ0n) is 32.0. The van der Waals surface area contributed by atoms with Crippen LogP contribution in [0.4, 0.5) is 4.79 Å². The van der Waals surface area contributed by atoms with Crippen LogP contribution in [0.3, 0.4) is 0 Å². The molecule has 0 bridgehead atoms. The van der Waals surface area contributed by atoms with Crippen LogP contribution in [-0.2, 0) is 25.7 Å². The highest BCUT2D eigenvalue weighted by Crippen LogP contribution is 2.65. The summed E-state index contributed by atoms with van der Waals surface area (Å²) in [4.78, 5) is 70.5. The van der Waals surface area contributed by atoms with Gasteiger partial charge in [-0.05, 0) is 59.8 Å². The molecule has 1 saturated heterocycles. The molecule has 2 aromatic rings. The molecular weight excluding hydrogens is 672 g/mol. The summed E-state index contributed by atoms with van der Waals surface area (Å²) in [6.07, 6.45) is 10.1. The highest BCUT2D eigenvalue weighted by atomic mass is 16.3. The fourth-order valence-electron chi connectivity index (χ4n) is 8.84. The Balaban J connectivity index is 1.21. The van der Waals surface area contributed by atoms with Crippen molar-refractivity contribution >= 4 is 40.3 Å². The minimum atomic E-state index is -0.984. The van der Waals surface area contributed by atoms with E-state index in [1.807, 2.05) is 51.2 Å². The number of fused-ring (bicyclic) bond motifs is 2. The topological polar surface area (TPSA) is 162 Å². The lowest BCUT2D eigenvalue weighted by atomic mass is 9.83. The summed E-state index contributed by atoms with van der Waals surface area (Å²) < 4.78 is 1.75. The van der Waals surface area contributed by atoms with Gasteiger partial charge in [0.05, 0.1) is 12.1 Å². The van der Waals surface area contributed by atoms with Crippen LogP contribution < -0.4 is 21.3 Å². The fourth-order valence-corrected chi connectivity index (χ4v) is 8.84. The summed E-state index contributed by atoms with van der Waals surface area (Å²) in [6, 6.07) is 4.05. The van der Waals surface area contributed by atoms with Crippen molar-refractivity contribution in [3.05, 3.63) is 43.1 Å². The monoisotopic (exact) mass is 730 g/mol. The number of nitrogens with one attached hydrogen (secondary N) is 4. The third kappa shape index (κ3) is 8.26. The average molecular weight is 731 g/mol. The number of carbonyl (C=O) groups excluding carboxylic acids is 5. The van der Waals surface area contributed by atoms with Gasteiger partial charge < -0.3 is 35.8 Å². The minimum Gasteiger partial charge on any atom is -0.494 e. The number of urea groups is 1. The van der Waals surface area contributed by atoms with Crippen LogP contribution in [0.2, 0.25) is 0 Å². The van der Waals surface area contributed by atoms with E-state index >= 15 is 0 Å². The van der Waals surface area contributed by atoms with Crippen LogP contribution in [0.15, 0.2) is 43.1 Å². The standard InChI is InChI=1S/C41H58N6O6/c1-7-19-42-36(50)34(48)29(20-24-17-18-24)43-35(49)33-31-28(41(31,5)6)22-47(33)38(52)32(25-13-9-8-10-14-25)45-39(53)44-30(40(2,3)4)23-46-21-26-15-11-12-16-27(26)37(46)51/h7,11-12,15-16,21,24-25,28-33,51H,1,8-10,13-14,17-20,22-23H2,2-6H3,(H,42,50)(H,43,49)(H2,44,45,53)/t28-,29?,30+,31-,32-,33-/m0/s1. The molecule has 4 fully saturated rings. The number of carbonyl (C=O) groups is 5. The zero-order valence-corrected chi connectivity index (χ0v) is 32.0. The van der Waals surface area contributed by atoms with Gasteiger partial charge in [-0.2, -0.15) is 0 Å². The number of piperidine rings is 1. The summed E-state index contributed by atoms with van der Waals surface area (Å²) in [7, 11) is 0. The molecule has 1 unspecified atom stereocenters. The van der Waals surface area contributed by atoms with Gasteiger partial charge in [-0.1, -0.05) is 91.0 Å². The number of nitrogens with zero attached hydrogens (tertiary/aromatic N) is 2. The Morgan fingerprint density at radius 2 is 1.70 bits per heavy atom. The van der Waals surface area contributed by atoms with Crippen LogP contribution in [0.5, 0.6) is 5.88 Å². The summed E-state index contributed by atoms with van der Waals surface area (Å²) in [5, 5.41) is 24.3. The van der Waals surface area contributed by atoms with Gasteiger partial charge >= 0.3 is 6.03 Å². The van der Waals surface area contributed by atoms with E-state index < -0.39 is 53.2 Å². The lowest BCUT2D eigenvalue weighted by Gasteiger charge is -2.38. The second-order valence-corrected chi connectivity index (χ2v) is 17.6. The molecule has 6 atom stereocenters. The first-order valence-electron chi connectivity index (χ1n) is 19.5. The largest absolute Gasteiger partial charge is 0.494 e. The van der Waals surface area contributed by atoms with Gasteiger partial charge in [0, 0.05) is 36.6 Å². The van der Waals surface area contributed by atoms with E-state index in [1.165, 1.54) is 6.08 Å². The predicted molar refractivity (Wildman–Crippen MR) is 203 cm³/mol. The van der Waals surface area contributed by atoms with Crippen LogP contribution in [-0.4, -0.2) is 81.4 Å². The van der Waals surface area contributed by atoms with Crippen molar-refractivity contribution in [2.45, 2.75) is 117 Å². The minimum absolute atomic E-state index is 0.0970.